The lowest BCUT2D eigenvalue weighted by Crippen LogP contribution is -2.24. The molecular weight excluding hydrogens is 320 g/mol. The van der Waals surface area contributed by atoms with Gasteiger partial charge in [0.15, 0.2) is 10.7 Å². The number of nitrogens with one attached hydrogen (secondary N) is 1. The van der Waals surface area contributed by atoms with Gasteiger partial charge in [-0.3, -0.25) is 9.40 Å². The third kappa shape index (κ3) is 3.56. The number of aromatic nitrogens is 3. The van der Waals surface area contributed by atoms with Gasteiger partial charge in [-0.25, -0.2) is 8.42 Å². The number of anilines is 1. The van der Waals surface area contributed by atoms with E-state index in [9.17, 15) is 8.42 Å². The molecule has 126 valence electrons. The Labute approximate surface area is 134 Å². The normalized spacial score (nSPS) is 19.0. The summed E-state index contributed by atoms with van der Waals surface area (Å²) in [5.74, 6) is 0.262. The second kappa shape index (κ2) is 6.32. The Kier molecular flexibility index (Phi) is 4.40. The fourth-order valence-corrected chi connectivity index (χ4v) is 4.10. The van der Waals surface area contributed by atoms with Crippen molar-refractivity contribution in [3.63, 3.8) is 0 Å². The Bertz CT molecular complexity index is 755. The van der Waals surface area contributed by atoms with E-state index in [1.165, 1.54) is 6.20 Å². The van der Waals surface area contributed by atoms with Crippen molar-refractivity contribution < 1.29 is 17.7 Å². The van der Waals surface area contributed by atoms with Gasteiger partial charge >= 0.3 is 0 Å². The molecule has 3 heterocycles. The molecule has 9 heteroatoms. The Morgan fingerprint density at radius 2 is 2.22 bits per heavy atom. The van der Waals surface area contributed by atoms with Crippen molar-refractivity contribution in [3.8, 4) is 0 Å². The van der Waals surface area contributed by atoms with E-state index >= 15 is 0 Å². The standard InChI is InChI=1S/C14H20N4O4S/c1-10-14(11(2)22-16-10)23(19,20)17-12-7-15-18(8-12)9-13-5-3-4-6-21-13/h7-8,13,17H,3-6,9H2,1-2H3/t13-/m1/s1. The SMILES string of the molecule is Cc1noc(C)c1S(=O)(=O)Nc1cnn(C[C@H]2CCCCO2)c1. The third-order valence-corrected chi connectivity index (χ3v) is 5.41. The number of nitrogens with zero attached hydrogens (tertiary/aromatic N) is 3. The zero-order valence-electron chi connectivity index (χ0n) is 13.2. The number of rotatable bonds is 5. The van der Waals surface area contributed by atoms with E-state index in [4.69, 9.17) is 9.26 Å². The van der Waals surface area contributed by atoms with E-state index in [0.29, 0.717) is 17.9 Å². The first-order chi connectivity index (χ1) is 11.0. The average Bonchev–Trinajstić information content (AvgIpc) is 3.06. The van der Waals surface area contributed by atoms with Crippen molar-refractivity contribution in [2.24, 2.45) is 0 Å². The van der Waals surface area contributed by atoms with Gasteiger partial charge in [-0.15, -0.1) is 0 Å². The molecule has 1 aliphatic heterocycles. The zero-order valence-corrected chi connectivity index (χ0v) is 14.0. The molecule has 0 radical (unpaired) electrons. The van der Waals surface area contributed by atoms with Gasteiger partial charge in [0.1, 0.15) is 5.69 Å². The van der Waals surface area contributed by atoms with Crippen LogP contribution in [0.25, 0.3) is 0 Å². The van der Waals surface area contributed by atoms with Crippen LogP contribution in [-0.4, -0.2) is 36.1 Å². The number of hydrogen-bond donors (Lipinski definition) is 1. The Hall–Kier alpha value is -1.87. The molecule has 0 unspecified atom stereocenters. The molecule has 1 N–H and O–H groups in total. The van der Waals surface area contributed by atoms with Gasteiger partial charge in [-0.2, -0.15) is 5.10 Å². The van der Waals surface area contributed by atoms with E-state index in [1.807, 2.05) is 0 Å². The second-order valence-electron chi connectivity index (χ2n) is 5.70. The van der Waals surface area contributed by atoms with Crippen LogP contribution >= 0.6 is 0 Å². The van der Waals surface area contributed by atoms with Crippen LogP contribution in [0.5, 0.6) is 0 Å². The largest absolute Gasteiger partial charge is 0.376 e. The number of ether oxygens (including phenoxy) is 1. The molecule has 0 amide bonds. The molecule has 0 aliphatic carbocycles. The predicted molar refractivity (Wildman–Crippen MR) is 82.6 cm³/mol. The fourth-order valence-electron chi connectivity index (χ4n) is 2.74. The predicted octanol–water partition coefficient (Wildman–Crippen LogP) is 1.86. The fraction of sp³-hybridized carbons (Fsp3) is 0.571. The van der Waals surface area contributed by atoms with Crippen LogP contribution in [-0.2, 0) is 21.3 Å². The summed E-state index contributed by atoms with van der Waals surface area (Å²) in [4.78, 5) is 0.0702. The molecule has 0 bridgehead atoms. The van der Waals surface area contributed by atoms with Crippen molar-refractivity contribution in [1.29, 1.82) is 0 Å². The molecule has 0 saturated carbocycles. The first-order valence-corrected chi connectivity index (χ1v) is 9.04. The molecule has 1 saturated heterocycles. The molecule has 2 aromatic heterocycles. The molecule has 1 atom stereocenters. The summed E-state index contributed by atoms with van der Waals surface area (Å²) in [6, 6.07) is 0. The molecule has 0 spiro atoms. The average molecular weight is 340 g/mol. The molecule has 3 rings (SSSR count). The van der Waals surface area contributed by atoms with Gasteiger partial charge in [-0.1, -0.05) is 5.16 Å². The molecule has 23 heavy (non-hydrogen) atoms. The van der Waals surface area contributed by atoms with Crippen LogP contribution < -0.4 is 4.72 Å². The van der Waals surface area contributed by atoms with Crippen LogP contribution in [0.15, 0.2) is 21.8 Å². The molecule has 2 aromatic rings. The molecule has 1 aliphatic rings. The summed E-state index contributed by atoms with van der Waals surface area (Å²) < 4.78 is 39.6. The first kappa shape index (κ1) is 16.0. The number of sulfonamides is 1. The van der Waals surface area contributed by atoms with Gasteiger partial charge in [0, 0.05) is 12.8 Å². The molecule has 1 fully saturated rings. The van der Waals surface area contributed by atoms with Crippen molar-refractivity contribution >= 4 is 15.7 Å². The van der Waals surface area contributed by atoms with Gasteiger partial charge in [0.05, 0.1) is 24.5 Å². The highest BCUT2D eigenvalue weighted by Gasteiger charge is 2.25. The van der Waals surface area contributed by atoms with Crippen LogP contribution in [0, 0.1) is 13.8 Å². The summed E-state index contributed by atoms with van der Waals surface area (Å²) in [7, 11) is -3.74. The van der Waals surface area contributed by atoms with Gasteiger partial charge < -0.3 is 9.26 Å². The van der Waals surface area contributed by atoms with Crippen molar-refractivity contribution in [1.82, 2.24) is 14.9 Å². The lowest BCUT2D eigenvalue weighted by atomic mass is 10.1. The Morgan fingerprint density at radius 3 is 2.87 bits per heavy atom. The first-order valence-electron chi connectivity index (χ1n) is 7.55. The van der Waals surface area contributed by atoms with E-state index in [-0.39, 0.29) is 16.8 Å². The highest BCUT2D eigenvalue weighted by atomic mass is 32.2. The topological polar surface area (TPSA) is 99.3 Å². The van der Waals surface area contributed by atoms with E-state index < -0.39 is 10.0 Å². The minimum Gasteiger partial charge on any atom is -0.376 e. The summed E-state index contributed by atoms with van der Waals surface area (Å²) in [6.45, 7) is 4.55. The monoisotopic (exact) mass is 340 g/mol. The lowest BCUT2D eigenvalue weighted by molar-refractivity contribution is 0.00401. The van der Waals surface area contributed by atoms with Crippen LogP contribution in [0.1, 0.15) is 30.7 Å². The number of hydrogen-bond acceptors (Lipinski definition) is 6. The Morgan fingerprint density at radius 1 is 1.39 bits per heavy atom. The van der Waals surface area contributed by atoms with Crippen LogP contribution in [0.3, 0.4) is 0 Å². The summed E-state index contributed by atoms with van der Waals surface area (Å²) in [5.41, 5.74) is 0.735. The second-order valence-corrected chi connectivity index (χ2v) is 7.32. The van der Waals surface area contributed by atoms with Gasteiger partial charge in [0.25, 0.3) is 10.0 Å². The minimum atomic E-state index is -3.74. The van der Waals surface area contributed by atoms with Crippen molar-refractivity contribution in [3.05, 3.63) is 23.8 Å². The molecular formula is C14H20N4O4S. The summed E-state index contributed by atoms with van der Waals surface area (Å²) in [6.07, 6.45) is 6.53. The van der Waals surface area contributed by atoms with Crippen molar-refractivity contribution in [2.75, 3.05) is 11.3 Å². The quantitative estimate of drug-likeness (QED) is 0.892. The van der Waals surface area contributed by atoms with Crippen LogP contribution in [0.4, 0.5) is 5.69 Å². The van der Waals surface area contributed by atoms with Gasteiger partial charge in [-0.05, 0) is 33.1 Å². The van der Waals surface area contributed by atoms with Crippen molar-refractivity contribution in [2.45, 2.75) is 50.7 Å². The maximum atomic E-state index is 12.4. The van der Waals surface area contributed by atoms with E-state index in [0.717, 1.165) is 25.9 Å². The Balaban J connectivity index is 1.71. The van der Waals surface area contributed by atoms with E-state index in [2.05, 4.69) is 15.0 Å². The lowest BCUT2D eigenvalue weighted by Gasteiger charge is -2.22. The number of aryl methyl sites for hydroxylation is 2. The highest BCUT2D eigenvalue weighted by molar-refractivity contribution is 7.92. The summed E-state index contributed by atoms with van der Waals surface area (Å²) in [5, 5.41) is 7.87. The maximum Gasteiger partial charge on any atom is 0.267 e. The smallest absolute Gasteiger partial charge is 0.267 e. The van der Waals surface area contributed by atoms with E-state index in [1.54, 1.807) is 24.7 Å². The highest BCUT2D eigenvalue weighted by Crippen LogP contribution is 2.22. The molecule has 0 aromatic carbocycles. The van der Waals surface area contributed by atoms with Crippen LogP contribution in [0.2, 0.25) is 0 Å². The summed E-state index contributed by atoms with van der Waals surface area (Å²) >= 11 is 0. The third-order valence-electron chi connectivity index (χ3n) is 3.79. The maximum absolute atomic E-state index is 12.4. The molecule has 8 nitrogen and oxygen atoms in total. The van der Waals surface area contributed by atoms with Gasteiger partial charge in [0.2, 0.25) is 0 Å². The zero-order chi connectivity index (χ0) is 16.4. The minimum absolute atomic E-state index is 0.0702.